The van der Waals surface area contributed by atoms with E-state index in [1.54, 1.807) is 13.2 Å². The summed E-state index contributed by atoms with van der Waals surface area (Å²) in [6.07, 6.45) is 1.95. The van der Waals surface area contributed by atoms with Crippen LogP contribution in [-0.2, 0) is 20.8 Å². The van der Waals surface area contributed by atoms with Crippen molar-refractivity contribution in [2.24, 2.45) is 0 Å². The number of thiophene rings is 1. The first-order chi connectivity index (χ1) is 9.15. The Morgan fingerprint density at radius 3 is 2.65 bits per heavy atom. The maximum atomic E-state index is 11.9. The highest BCUT2D eigenvalue weighted by atomic mass is 35.5. The first-order valence-electron chi connectivity index (χ1n) is 5.40. The van der Waals surface area contributed by atoms with Crippen molar-refractivity contribution < 1.29 is 17.6 Å². The largest absolute Gasteiger partial charge is 0.300 e. The second kappa shape index (κ2) is 6.94. The molecule has 0 aromatic carbocycles. The van der Waals surface area contributed by atoms with Crippen LogP contribution in [0, 0.1) is 10.1 Å². The Bertz CT molecular complexity index is 628. The van der Waals surface area contributed by atoms with Crippen LogP contribution in [-0.4, -0.2) is 35.6 Å². The van der Waals surface area contributed by atoms with E-state index in [1.165, 1.54) is 0 Å². The van der Waals surface area contributed by atoms with Gasteiger partial charge in [-0.1, -0.05) is 18.5 Å². The Labute approximate surface area is 128 Å². The highest BCUT2D eigenvalue weighted by Crippen LogP contribution is 2.36. The summed E-state index contributed by atoms with van der Waals surface area (Å²) in [6, 6.07) is 0.927. The molecule has 0 saturated heterocycles. The van der Waals surface area contributed by atoms with Crippen molar-refractivity contribution in [2.45, 2.75) is 22.8 Å². The lowest BCUT2D eigenvalue weighted by atomic mass is 10.3. The van der Waals surface area contributed by atoms with Crippen LogP contribution in [0.5, 0.6) is 0 Å². The molecule has 0 fully saturated rings. The van der Waals surface area contributed by atoms with Gasteiger partial charge in [0.15, 0.2) is 4.34 Å². The first-order valence-corrected chi connectivity index (χ1v) is 9.70. The van der Waals surface area contributed by atoms with Gasteiger partial charge in [0, 0.05) is 34.9 Å². The fraction of sp³-hybridized carbons (Fsp3) is 0.556. The van der Waals surface area contributed by atoms with Gasteiger partial charge < -0.3 is 0 Å². The normalized spacial score (nSPS) is 14.9. The molecule has 0 saturated carbocycles. The van der Waals surface area contributed by atoms with Crippen molar-refractivity contribution in [3.05, 3.63) is 20.5 Å². The first kappa shape index (κ1) is 17.5. The van der Waals surface area contributed by atoms with Gasteiger partial charge in [0.2, 0.25) is 10.0 Å². The summed E-state index contributed by atoms with van der Waals surface area (Å²) in [5.74, 6) is 0. The fourth-order valence-electron chi connectivity index (χ4n) is 1.23. The van der Waals surface area contributed by atoms with Gasteiger partial charge in [-0.2, -0.15) is 0 Å². The van der Waals surface area contributed by atoms with Crippen LogP contribution < -0.4 is 4.72 Å². The molecular weight excluding hydrogens is 348 g/mol. The Hall–Kier alpha value is -0.550. The van der Waals surface area contributed by atoms with Gasteiger partial charge in [0.1, 0.15) is 4.21 Å². The average Bonchev–Trinajstić information content (AvgIpc) is 2.71. The lowest BCUT2D eigenvalue weighted by Crippen LogP contribution is -2.27. The maximum Gasteiger partial charge on any atom is 0.300 e. The molecule has 7 nitrogen and oxygen atoms in total. The Balaban J connectivity index is 2.77. The van der Waals surface area contributed by atoms with Crippen molar-refractivity contribution >= 4 is 49.4 Å². The van der Waals surface area contributed by atoms with Gasteiger partial charge in [0.25, 0.3) is 5.69 Å². The Kier molecular flexibility index (Phi) is 6.07. The molecular formula is C9H13ClN2O5S3. The topological polar surface area (TPSA) is 106 Å². The van der Waals surface area contributed by atoms with E-state index in [-0.39, 0.29) is 20.3 Å². The van der Waals surface area contributed by atoms with Crippen LogP contribution in [0.2, 0.25) is 4.34 Å². The Morgan fingerprint density at radius 1 is 1.60 bits per heavy atom. The van der Waals surface area contributed by atoms with Crippen molar-refractivity contribution in [1.29, 1.82) is 0 Å². The molecule has 1 aromatic heterocycles. The van der Waals surface area contributed by atoms with E-state index in [0.29, 0.717) is 17.8 Å². The summed E-state index contributed by atoms with van der Waals surface area (Å²) in [7, 11) is -4.87. The molecule has 1 rings (SSSR count). The third kappa shape index (κ3) is 4.48. The SMILES string of the molecule is CC(CCNS(=O)(=O)c1cc([N+](=O)[O-])c(Cl)s1)S(C)=O. The molecule has 11 heteroatoms. The van der Waals surface area contributed by atoms with Crippen LogP contribution in [0.1, 0.15) is 13.3 Å². The summed E-state index contributed by atoms with van der Waals surface area (Å²) in [4.78, 5) is 9.88. The highest BCUT2D eigenvalue weighted by molar-refractivity contribution is 7.91. The number of rotatable bonds is 7. The van der Waals surface area contributed by atoms with Crippen LogP contribution in [0.4, 0.5) is 5.69 Å². The third-order valence-corrected chi connectivity index (χ3v) is 7.16. The second-order valence-electron chi connectivity index (χ2n) is 3.98. The zero-order valence-electron chi connectivity index (χ0n) is 10.7. The number of nitrogens with zero attached hydrogens (tertiary/aromatic N) is 1. The summed E-state index contributed by atoms with van der Waals surface area (Å²) in [5.41, 5.74) is -0.430. The number of hydrogen-bond acceptors (Lipinski definition) is 6. The number of halogens is 1. The molecule has 0 bridgehead atoms. The van der Waals surface area contributed by atoms with Crippen molar-refractivity contribution in [3.8, 4) is 0 Å². The van der Waals surface area contributed by atoms with Crippen LogP contribution >= 0.6 is 22.9 Å². The van der Waals surface area contributed by atoms with Gasteiger partial charge in [0.05, 0.1) is 4.92 Å². The fourth-order valence-corrected chi connectivity index (χ4v) is 4.44. The molecule has 2 atom stereocenters. The summed E-state index contributed by atoms with van der Waals surface area (Å²) < 4.78 is 36.9. The molecule has 20 heavy (non-hydrogen) atoms. The van der Waals surface area contributed by atoms with Crippen molar-refractivity contribution in [3.63, 3.8) is 0 Å². The quantitative estimate of drug-likeness (QED) is 0.588. The van der Waals surface area contributed by atoms with Gasteiger partial charge in [-0.05, 0) is 6.42 Å². The van der Waals surface area contributed by atoms with Crippen LogP contribution in [0.25, 0.3) is 0 Å². The van der Waals surface area contributed by atoms with Crippen LogP contribution in [0.3, 0.4) is 0 Å². The van der Waals surface area contributed by atoms with Gasteiger partial charge in [-0.25, -0.2) is 13.1 Å². The number of hydrogen-bond donors (Lipinski definition) is 1. The molecule has 1 heterocycles. The lowest BCUT2D eigenvalue weighted by Gasteiger charge is -2.08. The minimum Gasteiger partial charge on any atom is -0.260 e. The zero-order valence-corrected chi connectivity index (χ0v) is 13.9. The summed E-state index contributed by atoms with van der Waals surface area (Å²) in [6.45, 7) is 1.85. The molecule has 0 radical (unpaired) electrons. The average molecular weight is 361 g/mol. The van der Waals surface area contributed by atoms with E-state index in [4.69, 9.17) is 11.6 Å². The Morgan fingerprint density at radius 2 is 2.20 bits per heavy atom. The molecule has 0 aliphatic carbocycles. The van der Waals surface area contributed by atoms with Crippen molar-refractivity contribution in [1.82, 2.24) is 4.72 Å². The molecule has 0 spiro atoms. The van der Waals surface area contributed by atoms with E-state index in [1.807, 2.05) is 0 Å². The van der Waals surface area contributed by atoms with E-state index in [9.17, 15) is 22.7 Å². The van der Waals surface area contributed by atoms with Gasteiger partial charge in [-0.15, -0.1) is 11.3 Å². The van der Waals surface area contributed by atoms with E-state index in [0.717, 1.165) is 6.07 Å². The molecule has 1 aromatic rings. The predicted octanol–water partition coefficient (Wildman–Crippen LogP) is 1.75. The monoisotopic (exact) mass is 360 g/mol. The third-order valence-electron chi connectivity index (χ3n) is 2.52. The van der Waals surface area contributed by atoms with E-state index >= 15 is 0 Å². The van der Waals surface area contributed by atoms with E-state index in [2.05, 4.69) is 4.72 Å². The summed E-state index contributed by atoms with van der Waals surface area (Å²) >= 11 is 6.24. The van der Waals surface area contributed by atoms with E-state index < -0.39 is 31.4 Å². The predicted molar refractivity (Wildman–Crippen MR) is 79.3 cm³/mol. The van der Waals surface area contributed by atoms with Crippen LogP contribution in [0.15, 0.2) is 10.3 Å². The minimum absolute atomic E-state index is 0.104. The smallest absolute Gasteiger partial charge is 0.260 e. The molecule has 0 aliphatic rings. The minimum atomic E-state index is -3.84. The number of nitro groups is 1. The maximum absolute atomic E-state index is 11.9. The van der Waals surface area contributed by atoms with Crippen molar-refractivity contribution in [2.75, 3.05) is 12.8 Å². The number of nitrogens with one attached hydrogen (secondary N) is 1. The highest BCUT2D eigenvalue weighted by Gasteiger charge is 2.25. The number of sulfonamides is 1. The standard InChI is InChI=1S/C9H13ClN2O5S3/c1-6(19(2)15)3-4-11-20(16,17)8-5-7(12(13)14)9(10)18-8/h5-6,11H,3-4H2,1-2H3. The molecule has 114 valence electrons. The lowest BCUT2D eigenvalue weighted by molar-refractivity contribution is -0.384. The zero-order chi connectivity index (χ0) is 15.5. The van der Waals surface area contributed by atoms with Gasteiger partial charge >= 0.3 is 0 Å². The molecule has 1 N–H and O–H groups in total. The molecule has 0 aliphatic heterocycles. The van der Waals surface area contributed by atoms with Gasteiger partial charge in [-0.3, -0.25) is 14.3 Å². The molecule has 0 amide bonds. The second-order valence-corrected chi connectivity index (χ2v) is 9.43. The molecule has 2 unspecified atom stereocenters. The summed E-state index contributed by atoms with van der Waals surface area (Å²) in [5, 5.41) is 10.5.